The number of likely N-dealkylation sites (tertiary alicyclic amines) is 1. The second-order valence-corrected chi connectivity index (χ2v) is 6.14. The Kier molecular flexibility index (Phi) is 5.42. The number of rotatable bonds is 6. The average Bonchev–Trinajstić information content (AvgIpc) is 2.94. The number of ether oxygens (including phenoxy) is 1. The number of hydrogen-bond donors (Lipinski definition) is 1. The van der Waals surface area contributed by atoms with Crippen LogP contribution in [-0.4, -0.2) is 53.4 Å². The fourth-order valence-electron chi connectivity index (χ4n) is 3.28. The highest BCUT2D eigenvalue weighted by molar-refractivity contribution is 5.85. The van der Waals surface area contributed by atoms with Crippen LogP contribution in [0.2, 0.25) is 0 Å². The second-order valence-electron chi connectivity index (χ2n) is 6.14. The molecule has 0 bridgehead atoms. The third-order valence-electron chi connectivity index (χ3n) is 4.47. The monoisotopic (exact) mass is 294 g/mol. The maximum absolute atomic E-state index is 11.2. The van der Waals surface area contributed by atoms with Crippen molar-refractivity contribution in [1.29, 1.82) is 0 Å². The number of aromatic nitrogens is 1. The first kappa shape index (κ1) is 16.0. The Bertz CT molecular complexity index is 462. The Balaban J connectivity index is 1.99. The van der Waals surface area contributed by atoms with Crippen LogP contribution in [0.5, 0.6) is 0 Å². The molecule has 0 aliphatic carbocycles. The summed E-state index contributed by atoms with van der Waals surface area (Å²) in [6.07, 6.45) is 3.86. The van der Waals surface area contributed by atoms with Gasteiger partial charge in [-0.2, -0.15) is 0 Å². The smallest absolute Gasteiger partial charge is 0.352 e. The second kappa shape index (κ2) is 7.09. The summed E-state index contributed by atoms with van der Waals surface area (Å²) < 4.78 is 7.26. The van der Waals surface area contributed by atoms with Gasteiger partial charge in [-0.1, -0.05) is 13.8 Å². The average molecular weight is 294 g/mol. The highest BCUT2D eigenvalue weighted by Crippen LogP contribution is 2.27. The van der Waals surface area contributed by atoms with Crippen molar-refractivity contribution in [3.63, 3.8) is 0 Å². The Morgan fingerprint density at radius 2 is 2.10 bits per heavy atom. The molecule has 0 saturated carbocycles. The van der Waals surface area contributed by atoms with Gasteiger partial charge in [0.1, 0.15) is 5.69 Å². The van der Waals surface area contributed by atoms with E-state index in [1.54, 1.807) is 13.2 Å². The van der Waals surface area contributed by atoms with Gasteiger partial charge in [-0.3, -0.25) is 4.90 Å². The number of hydrogen-bond acceptors (Lipinski definition) is 3. The van der Waals surface area contributed by atoms with Gasteiger partial charge in [0.2, 0.25) is 0 Å². The maximum Gasteiger partial charge on any atom is 0.352 e. The zero-order valence-corrected chi connectivity index (χ0v) is 13.2. The molecule has 0 amide bonds. The van der Waals surface area contributed by atoms with Crippen LogP contribution in [-0.2, 0) is 4.74 Å². The zero-order chi connectivity index (χ0) is 15.4. The van der Waals surface area contributed by atoms with E-state index in [1.807, 2.05) is 16.8 Å². The van der Waals surface area contributed by atoms with Gasteiger partial charge in [-0.25, -0.2) is 4.79 Å². The lowest BCUT2D eigenvalue weighted by atomic mass is 9.97. The first-order chi connectivity index (χ1) is 10.0. The molecule has 2 heterocycles. The molecule has 0 spiro atoms. The van der Waals surface area contributed by atoms with E-state index in [9.17, 15) is 9.90 Å². The molecular weight excluding hydrogens is 268 g/mol. The molecule has 0 aromatic carbocycles. The van der Waals surface area contributed by atoms with Crippen molar-refractivity contribution in [2.24, 2.45) is 5.92 Å². The summed E-state index contributed by atoms with van der Waals surface area (Å²) in [4.78, 5) is 13.7. The Morgan fingerprint density at radius 3 is 2.62 bits per heavy atom. The van der Waals surface area contributed by atoms with E-state index in [4.69, 9.17) is 4.74 Å². The minimum Gasteiger partial charge on any atom is -0.477 e. The predicted molar refractivity (Wildman–Crippen MR) is 81.7 cm³/mol. The van der Waals surface area contributed by atoms with Gasteiger partial charge in [-0.15, -0.1) is 0 Å². The molecule has 2 rings (SSSR count). The molecule has 0 radical (unpaired) electrons. The lowest BCUT2D eigenvalue weighted by Crippen LogP contribution is -2.46. The van der Waals surface area contributed by atoms with E-state index in [0.29, 0.717) is 17.7 Å². The minimum absolute atomic E-state index is 0.290. The van der Waals surface area contributed by atoms with Crippen molar-refractivity contribution in [3.05, 3.63) is 24.0 Å². The number of carboxylic acids is 1. The molecule has 5 heteroatoms. The van der Waals surface area contributed by atoms with Crippen LogP contribution in [0.25, 0.3) is 0 Å². The van der Waals surface area contributed by atoms with Crippen molar-refractivity contribution in [2.45, 2.75) is 38.8 Å². The van der Waals surface area contributed by atoms with E-state index < -0.39 is 5.97 Å². The topological polar surface area (TPSA) is 54.7 Å². The summed E-state index contributed by atoms with van der Waals surface area (Å²) in [6, 6.07) is 4.23. The first-order valence-corrected chi connectivity index (χ1v) is 7.67. The van der Waals surface area contributed by atoms with E-state index in [0.717, 1.165) is 32.5 Å². The summed E-state index contributed by atoms with van der Waals surface area (Å²) in [7, 11) is 1.75. The Hall–Kier alpha value is -1.33. The molecule has 118 valence electrons. The van der Waals surface area contributed by atoms with Gasteiger partial charge >= 0.3 is 5.97 Å². The summed E-state index contributed by atoms with van der Waals surface area (Å²) in [5.74, 6) is -0.287. The van der Waals surface area contributed by atoms with E-state index >= 15 is 0 Å². The van der Waals surface area contributed by atoms with E-state index in [1.165, 1.54) is 0 Å². The van der Waals surface area contributed by atoms with Crippen LogP contribution in [0.15, 0.2) is 18.3 Å². The molecule has 1 aromatic heterocycles. The fraction of sp³-hybridized carbons (Fsp3) is 0.688. The molecule has 1 aliphatic heterocycles. The minimum atomic E-state index is -0.845. The molecule has 1 N–H and O–H groups in total. The molecule has 21 heavy (non-hydrogen) atoms. The van der Waals surface area contributed by atoms with Gasteiger partial charge in [0, 0.05) is 38.5 Å². The van der Waals surface area contributed by atoms with Gasteiger partial charge in [0.05, 0.1) is 6.61 Å². The van der Waals surface area contributed by atoms with Crippen LogP contribution in [0.4, 0.5) is 0 Å². The molecule has 1 unspecified atom stereocenters. The lowest BCUT2D eigenvalue weighted by Gasteiger charge is -2.39. The van der Waals surface area contributed by atoms with Crippen molar-refractivity contribution in [3.8, 4) is 0 Å². The molecular formula is C16H26N2O3. The number of methoxy groups -OCH3 is 1. The third kappa shape index (κ3) is 3.66. The van der Waals surface area contributed by atoms with Crippen LogP contribution < -0.4 is 0 Å². The Labute approximate surface area is 126 Å². The van der Waals surface area contributed by atoms with Crippen LogP contribution in [0.1, 0.15) is 43.2 Å². The van der Waals surface area contributed by atoms with Crippen molar-refractivity contribution in [2.75, 3.05) is 26.8 Å². The normalized spacial score (nSPS) is 19.0. The van der Waals surface area contributed by atoms with Gasteiger partial charge in [-0.05, 0) is 30.9 Å². The summed E-state index contributed by atoms with van der Waals surface area (Å²) >= 11 is 0. The number of carboxylic acid groups (broad SMARTS) is 1. The van der Waals surface area contributed by atoms with E-state index in [2.05, 4.69) is 18.7 Å². The lowest BCUT2D eigenvalue weighted by molar-refractivity contribution is 0.0422. The molecule has 5 nitrogen and oxygen atoms in total. The number of piperidine rings is 1. The molecule has 1 aromatic rings. The van der Waals surface area contributed by atoms with Crippen molar-refractivity contribution < 1.29 is 14.6 Å². The summed E-state index contributed by atoms with van der Waals surface area (Å²) in [5, 5.41) is 9.22. The van der Waals surface area contributed by atoms with Crippen molar-refractivity contribution in [1.82, 2.24) is 9.47 Å². The number of aromatic carboxylic acids is 1. The number of nitrogens with zero attached hydrogens (tertiary/aromatic N) is 2. The summed E-state index contributed by atoms with van der Waals surface area (Å²) in [6.45, 7) is 7.20. The quantitative estimate of drug-likeness (QED) is 0.876. The standard InChI is InChI=1S/C16H26N2O3/c1-12(2)15(11-21-3)17-9-6-13(7-10-17)18-8-4-5-14(18)16(19)20/h4-5,8,12-13,15H,6-7,9-11H2,1-3H3,(H,19,20). The molecule has 1 aliphatic rings. The Morgan fingerprint density at radius 1 is 1.43 bits per heavy atom. The highest BCUT2D eigenvalue weighted by Gasteiger charge is 2.28. The largest absolute Gasteiger partial charge is 0.477 e. The third-order valence-corrected chi connectivity index (χ3v) is 4.47. The summed E-state index contributed by atoms with van der Waals surface area (Å²) in [5.41, 5.74) is 0.394. The van der Waals surface area contributed by atoms with Crippen molar-refractivity contribution >= 4 is 5.97 Å². The molecule has 1 fully saturated rings. The van der Waals surface area contributed by atoms with Crippen LogP contribution >= 0.6 is 0 Å². The fourth-order valence-corrected chi connectivity index (χ4v) is 3.28. The van der Waals surface area contributed by atoms with Crippen LogP contribution in [0, 0.1) is 5.92 Å². The molecule has 1 saturated heterocycles. The van der Waals surface area contributed by atoms with Gasteiger partial charge in [0.15, 0.2) is 0 Å². The number of carbonyl (C=O) groups is 1. The van der Waals surface area contributed by atoms with Gasteiger partial charge < -0.3 is 14.4 Å². The molecule has 1 atom stereocenters. The highest BCUT2D eigenvalue weighted by atomic mass is 16.5. The van der Waals surface area contributed by atoms with Gasteiger partial charge in [0.25, 0.3) is 0 Å². The SMILES string of the molecule is COCC(C(C)C)N1CCC(n2cccc2C(=O)O)CC1. The zero-order valence-electron chi connectivity index (χ0n) is 13.2. The predicted octanol–water partition coefficient (Wildman–Crippen LogP) is 2.49. The van der Waals surface area contributed by atoms with E-state index in [-0.39, 0.29) is 6.04 Å². The maximum atomic E-state index is 11.2. The van der Waals surface area contributed by atoms with Crippen LogP contribution in [0.3, 0.4) is 0 Å². The first-order valence-electron chi connectivity index (χ1n) is 7.67.